The fraction of sp³-hybridized carbons (Fsp3) is 0.833. The molecule has 1 aliphatic rings. The summed E-state index contributed by atoms with van der Waals surface area (Å²) >= 11 is 0. The summed E-state index contributed by atoms with van der Waals surface area (Å²) in [6.45, 7) is 0. The van der Waals surface area contributed by atoms with Crippen LogP contribution in [0.1, 0.15) is 12.8 Å². The average Bonchev–Trinajstić information content (AvgIpc) is 2.53. The molecule has 0 spiro atoms. The van der Waals surface area contributed by atoms with Crippen LogP contribution < -0.4 is 0 Å². The van der Waals surface area contributed by atoms with Crippen molar-refractivity contribution in [2.45, 2.75) is 19.1 Å². The van der Waals surface area contributed by atoms with E-state index in [4.69, 9.17) is 9.47 Å². The van der Waals surface area contributed by atoms with Crippen molar-refractivity contribution in [2.24, 2.45) is 0 Å². The van der Waals surface area contributed by atoms with Gasteiger partial charge in [0.15, 0.2) is 6.29 Å². The van der Waals surface area contributed by atoms with E-state index in [2.05, 4.69) is 0 Å². The van der Waals surface area contributed by atoms with Crippen LogP contribution in [0.2, 0.25) is 0 Å². The molecule has 8 heavy (non-hydrogen) atoms. The number of hydrogen-bond donors (Lipinski definition) is 0. The van der Waals surface area contributed by atoms with Crippen LogP contribution in [0.25, 0.3) is 0 Å². The van der Waals surface area contributed by atoms with E-state index in [1.807, 2.05) is 0 Å². The lowest BCUT2D eigenvalue weighted by Crippen LogP contribution is -2.13. The van der Waals surface area contributed by atoms with Crippen molar-refractivity contribution >= 4 is 0 Å². The van der Waals surface area contributed by atoms with E-state index >= 15 is 0 Å². The minimum absolute atomic E-state index is 0.0185. The number of methoxy groups -OCH3 is 2. The van der Waals surface area contributed by atoms with E-state index in [1.54, 1.807) is 14.2 Å². The van der Waals surface area contributed by atoms with Crippen molar-refractivity contribution in [1.82, 2.24) is 0 Å². The first-order valence-corrected chi connectivity index (χ1v) is 2.78. The Labute approximate surface area is 49.8 Å². The highest BCUT2D eigenvalue weighted by atomic mass is 16.7. The molecule has 0 aromatic rings. The predicted octanol–water partition coefficient (Wildman–Crippen LogP) is 0.974. The van der Waals surface area contributed by atoms with Gasteiger partial charge in [-0.2, -0.15) is 0 Å². The van der Waals surface area contributed by atoms with E-state index in [9.17, 15) is 0 Å². The minimum Gasteiger partial charge on any atom is -0.355 e. The van der Waals surface area contributed by atoms with Gasteiger partial charge in [0, 0.05) is 20.1 Å². The lowest BCUT2D eigenvalue weighted by molar-refractivity contribution is -0.0822. The molecule has 1 aliphatic carbocycles. The largest absolute Gasteiger partial charge is 0.355 e. The van der Waals surface area contributed by atoms with Crippen LogP contribution >= 0.6 is 0 Å². The maximum atomic E-state index is 4.96. The van der Waals surface area contributed by atoms with Crippen LogP contribution in [0.4, 0.5) is 0 Å². The van der Waals surface area contributed by atoms with Crippen LogP contribution in [-0.4, -0.2) is 20.5 Å². The Morgan fingerprint density at radius 3 is 1.88 bits per heavy atom. The zero-order valence-electron chi connectivity index (χ0n) is 5.31. The number of rotatable bonds is 3. The molecule has 0 unspecified atom stereocenters. The Hall–Kier alpha value is -0.0800. The van der Waals surface area contributed by atoms with Gasteiger partial charge >= 0.3 is 0 Å². The molecule has 0 aromatic carbocycles. The average molecular weight is 115 g/mol. The first kappa shape index (κ1) is 6.05. The minimum atomic E-state index is -0.0185. The van der Waals surface area contributed by atoms with E-state index in [1.165, 1.54) is 18.8 Å². The normalized spacial score (nSPS) is 19.9. The van der Waals surface area contributed by atoms with Crippen molar-refractivity contribution in [1.29, 1.82) is 0 Å². The molecule has 0 amide bonds. The van der Waals surface area contributed by atoms with Gasteiger partial charge in [-0.05, 0) is 12.8 Å². The van der Waals surface area contributed by atoms with Gasteiger partial charge in [-0.15, -0.1) is 0 Å². The summed E-state index contributed by atoms with van der Waals surface area (Å²) < 4.78 is 9.93. The molecule has 2 nitrogen and oxygen atoms in total. The number of hydrogen-bond acceptors (Lipinski definition) is 2. The van der Waals surface area contributed by atoms with Gasteiger partial charge in [-0.3, -0.25) is 0 Å². The molecule has 1 rings (SSSR count). The Kier molecular flexibility index (Phi) is 1.86. The zero-order chi connectivity index (χ0) is 5.98. The van der Waals surface area contributed by atoms with Crippen molar-refractivity contribution in [3.63, 3.8) is 0 Å². The van der Waals surface area contributed by atoms with Gasteiger partial charge in [-0.25, -0.2) is 0 Å². The highest BCUT2D eigenvalue weighted by Gasteiger charge is 2.31. The summed E-state index contributed by atoms with van der Waals surface area (Å²) in [7, 11) is 3.33. The first-order chi connectivity index (χ1) is 3.88. The zero-order valence-corrected chi connectivity index (χ0v) is 5.31. The van der Waals surface area contributed by atoms with E-state index < -0.39 is 0 Å². The number of ether oxygens (including phenoxy) is 2. The third kappa shape index (κ3) is 1.20. The molecule has 1 saturated carbocycles. The molecular formula is C6H11O2. The fourth-order valence-corrected chi connectivity index (χ4v) is 0.737. The van der Waals surface area contributed by atoms with Crippen LogP contribution in [0.5, 0.6) is 0 Å². The van der Waals surface area contributed by atoms with Crippen molar-refractivity contribution < 1.29 is 9.47 Å². The summed E-state index contributed by atoms with van der Waals surface area (Å²) in [4.78, 5) is 0. The maximum absolute atomic E-state index is 4.96. The quantitative estimate of drug-likeness (QED) is 0.510. The second-order valence-electron chi connectivity index (χ2n) is 1.96. The molecule has 0 atom stereocenters. The second-order valence-corrected chi connectivity index (χ2v) is 1.96. The second kappa shape index (κ2) is 2.46. The fourth-order valence-electron chi connectivity index (χ4n) is 0.737. The lowest BCUT2D eigenvalue weighted by atomic mass is 10.4. The molecule has 0 heterocycles. The summed E-state index contributed by atoms with van der Waals surface area (Å²) in [5.74, 6) is 1.38. The Balaban J connectivity index is 2.15. The van der Waals surface area contributed by atoms with Crippen LogP contribution in [0.15, 0.2) is 0 Å². The summed E-state index contributed by atoms with van der Waals surface area (Å²) in [6.07, 6.45) is 2.36. The van der Waals surface area contributed by atoms with Gasteiger partial charge in [-0.1, -0.05) is 0 Å². The molecule has 0 N–H and O–H groups in total. The highest BCUT2D eigenvalue weighted by Crippen LogP contribution is 2.36. The topological polar surface area (TPSA) is 18.5 Å². The maximum Gasteiger partial charge on any atom is 0.163 e. The molecule has 1 fully saturated rings. The van der Waals surface area contributed by atoms with Gasteiger partial charge in [0.2, 0.25) is 0 Å². The standard InChI is InChI=1S/C6H11O2/c1-7-6(8-2)5-3-4-5/h6H,3-4H2,1-2H3. The van der Waals surface area contributed by atoms with Gasteiger partial charge < -0.3 is 9.47 Å². The third-order valence-corrected chi connectivity index (χ3v) is 1.30. The lowest BCUT2D eigenvalue weighted by Gasteiger charge is -2.09. The van der Waals surface area contributed by atoms with E-state index in [-0.39, 0.29) is 6.29 Å². The Morgan fingerprint density at radius 2 is 1.75 bits per heavy atom. The summed E-state index contributed by atoms with van der Waals surface area (Å²) in [6, 6.07) is 0. The van der Waals surface area contributed by atoms with Gasteiger partial charge in [0.1, 0.15) is 0 Å². The first-order valence-electron chi connectivity index (χ1n) is 2.78. The van der Waals surface area contributed by atoms with E-state index in [0.29, 0.717) is 0 Å². The molecule has 0 saturated heterocycles. The van der Waals surface area contributed by atoms with Crippen LogP contribution in [0.3, 0.4) is 0 Å². The Morgan fingerprint density at radius 1 is 1.25 bits per heavy atom. The Bertz CT molecular complexity index is 64.9. The van der Waals surface area contributed by atoms with E-state index in [0.717, 1.165) is 0 Å². The predicted molar refractivity (Wildman–Crippen MR) is 30.3 cm³/mol. The van der Waals surface area contributed by atoms with Gasteiger partial charge in [0.25, 0.3) is 0 Å². The van der Waals surface area contributed by atoms with Crippen molar-refractivity contribution in [3.8, 4) is 0 Å². The molecule has 1 radical (unpaired) electrons. The molecule has 0 aromatic heterocycles. The molecule has 47 valence electrons. The summed E-state index contributed by atoms with van der Waals surface area (Å²) in [5.41, 5.74) is 0. The van der Waals surface area contributed by atoms with Crippen LogP contribution in [-0.2, 0) is 9.47 Å². The third-order valence-electron chi connectivity index (χ3n) is 1.30. The van der Waals surface area contributed by atoms with Crippen molar-refractivity contribution in [3.05, 3.63) is 5.92 Å². The highest BCUT2D eigenvalue weighted by molar-refractivity contribution is 5.08. The van der Waals surface area contributed by atoms with Gasteiger partial charge in [0.05, 0.1) is 0 Å². The van der Waals surface area contributed by atoms with Crippen LogP contribution in [0, 0.1) is 5.92 Å². The molecular weight excluding hydrogens is 104 g/mol. The van der Waals surface area contributed by atoms with Crippen molar-refractivity contribution in [2.75, 3.05) is 14.2 Å². The monoisotopic (exact) mass is 115 g/mol. The summed E-state index contributed by atoms with van der Waals surface area (Å²) in [5, 5.41) is 0. The molecule has 0 bridgehead atoms. The SMILES string of the molecule is COC(OC)[C]1CC1. The molecule has 2 heteroatoms. The smallest absolute Gasteiger partial charge is 0.163 e. The molecule has 0 aliphatic heterocycles.